The molecule has 0 aliphatic heterocycles. The molecule has 30 heavy (non-hydrogen) atoms. The summed E-state index contributed by atoms with van der Waals surface area (Å²) in [6.07, 6.45) is 3.15. The fourth-order valence-electron chi connectivity index (χ4n) is 3.55. The van der Waals surface area contributed by atoms with Gasteiger partial charge >= 0.3 is 0 Å². The van der Waals surface area contributed by atoms with E-state index in [9.17, 15) is 14.7 Å². The maximum absolute atomic E-state index is 13.1. The number of amides is 1. The van der Waals surface area contributed by atoms with Crippen LogP contribution in [0.1, 0.15) is 16.7 Å². The Bertz CT molecular complexity index is 1290. The summed E-state index contributed by atoms with van der Waals surface area (Å²) in [4.78, 5) is 25.6. The van der Waals surface area contributed by atoms with Crippen molar-refractivity contribution in [3.8, 4) is 11.3 Å². The lowest BCUT2D eigenvalue weighted by atomic mass is 10.1. The Hall–Kier alpha value is -3.71. The maximum atomic E-state index is 13.1. The van der Waals surface area contributed by atoms with E-state index in [1.165, 1.54) is 15.3 Å². The zero-order chi connectivity index (χ0) is 21.3. The molecule has 2 heterocycles. The fourth-order valence-corrected chi connectivity index (χ4v) is 3.55. The van der Waals surface area contributed by atoms with Crippen LogP contribution in [0.15, 0.2) is 65.7 Å². The van der Waals surface area contributed by atoms with Crippen LogP contribution < -0.4 is 10.9 Å². The van der Waals surface area contributed by atoms with Crippen molar-refractivity contribution < 1.29 is 9.90 Å². The normalized spacial score (nSPS) is 11.0. The molecule has 0 saturated heterocycles. The van der Waals surface area contributed by atoms with E-state index in [0.29, 0.717) is 16.9 Å². The first kappa shape index (κ1) is 19.6. The molecule has 2 N–H and O–H groups in total. The number of aromatic nitrogens is 3. The molecule has 1 amide bonds. The monoisotopic (exact) mass is 402 g/mol. The van der Waals surface area contributed by atoms with Gasteiger partial charge in [0.05, 0.1) is 12.3 Å². The second kappa shape index (κ2) is 7.96. The molecule has 0 aliphatic rings. The second-order valence-corrected chi connectivity index (χ2v) is 7.24. The molecular weight excluding hydrogens is 380 g/mol. The SMILES string of the molecule is Cc1ccc(NC(=O)Cn2ccn3nc(-c4ccccc4)c(CO)c3c2=O)c(C)c1. The third-order valence-corrected chi connectivity index (χ3v) is 5.04. The first-order valence-electron chi connectivity index (χ1n) is 9.62. The summed E-state index contributed by atoms with van der Waals surface area (Å²) in [6, 6.07) is 15.1. The molecule has 0 fully saturated rings. The number of fused-ring (bicyclic) bond motifs is 1. The summed E-state index contributed by atoms with van der Waals surface area (Å²) in [5.41, 5.74) is 4.46. The largest absolute Gasteiger partial charge is 0.392 e. The van der Waals surface area contributed by atoms with Gasteiger partial charge in [-0.05, 0) is 25.5 Å². The Morgan fingerprint density at radius 1 is 1.10 bits per heavy atom. The first-order chi connectivity index (χ1) is 14.5. The summed E-state index contributed by atoms with van der Waals surface area (Å²) in [5, 5.41) is 17.2. The van der Waals surface area contributed by atoms with E-state index < -0.39 is 0 Å². The number of anilines is 1. The summed E-state index contributed by atoms with van der Waals surface area (Å²) >= 11 is 0. The van der Waals surface area contributed by atoms with E-state index in [0.717, 1.165) is 16.7 Å². The van der Waals surface area contributed by atoms with Crippen molar-refractivity contribution in [2.75, 3.05) is 5.32 Å². The highest BCUT2D eigenvalue weighted by Crippen LogP contribution is 2.24. The van der Waals surface area contributed by atoms with Gasteiger partial charge in [-0.25, -0.2) is 4.52 Å². The molecular formula is C23H22N4O3. The van der Waals surface area contributed by atoms with Gasteiger partial charge in [-0.1, -0.05) is 48.0 Å². The lowest BCUT2D eigenvalue weighted by Crippen LogP contribution is -2.28. The van der Waals surface area contributed by atoms with Gasteiger partial charge in [-0.3, -0.25) is 9.59 Å². The van der Waals surface area contributed by atoms with E-state index >= 15 is 0 Å². The van der Waals surface area contributed by atoms with E-state index in [4.69, 9.17) is 0 Å². The molecule has 2 aromatic heterocycles. The van der Waals surface area contributed by atoms with Gasteiger partial charge in [0.15, 0.2) is 0 Å². The number of aliphatic hydroxyl groups is 1. The minimum Gasteiger partial charge on any atom is -0.392 e. The Balaban J connectivity index is 1.68. The average molecular weight is 402 g/mol. The van der Waals surface area contributed by atoms with Gasteiger partial charge in [0, 0.05) is 29.2 Å². The van der Waals surface area contributed by atoms with E-state index in [1.807, 2.05) is 62.4 Å². The standard InChI is InChI=1S/C23H22N4O3/c1-15-8-9-19(16(2)12-15)24-20(29)13-26-10-11-27-22(23(26)30)18(14-28)21(25-27)17-6-4-3-5-7-17/h3-12,28H,13-14H2,1-2H3,(H,24,29). The number of hydrogen-bond acceptors (Lipinski definition) is 4. The van der Waals surface area contributed by atoms with Crippen LogP contribution >= 0.6 is 0 Å². The van der Waals surface area contributed by atoms with Gasteiger partial charge in [0.25, 0.3) is 5.56 Å². The van der Waals surface area contributed by atoms with E-state index in [2.05, 4.69) is 10.4 Å². The molecule has 0 bridgehead atoms. The molecule has 0 unspecified atom stereocenters. The number of benzene rings is 2. The molecule has 0 radical (unpaired) electrons. The van der Waals surface area contributed by atoms with Gasteiger partial charge in [-0.15, -0.1) is 0 Å². The summed E-state index contributed by atoms with van der Waals surface area (Å²) < 4.78 is 2.78. The van der Waals surface area contributed by atoms with E-state index in [1.54, 1.807) is 6.20 Å². The Kier molecular flexibility index (Phi) is 5.20. The molecule has 0 saturated carbocycles. The Morgan fingerprint density at radius 2 is 1.87 bits per heavy atom. The van der Waals surface area contributed by atoms with Gasteiger partial charge in [0.2, 0.25) is 5.91 Å². The van der Waals surface area contributed by atoms with Crippen molar-refractivity contribution >= 4 is 17.1 Å². The van der Waals surface area contributed by atoms with Crippen molar-refractivity contribution in [2.24, 2.45) is 0 Å². The molecule has 4 aromatic rings. The topological polar surface area (TPSA) is 88.6 Å². The second-order valence-electron chi connectivity index (χ2n) is 7.24. The minimum absolute atomic E-state index is 0.140. The van der Waals surface area contributed by atoms with Crippen LogP contribution in [0.25, 0.3) is 16.8 Å². The van der Waals surface area contributed by atoms with E-state index in [-0.39, 0.29) is 30.1 Å². The predicted octanol–water partition coefficient (Wildman–Crippen LogP) is 2.91. The van der Waals surface area contributed by atoms with Crippen molar-refractivity contribution in [2.45, 2.75) is 27.0 Å². The first-order valence-corrected chi connectivity index (χ1v) is 9.62. The number of aliphatic hydroxyl groups excluding tert-OH is 1. The fraction of sp³-hybridized carbons (Fsp3) is 0.174. The Labute approximate surface area is 173 Å². The predicted molar refractivity (Wildman–Crippen MR) is 115 cm³/mol. The zero-order valence-corrected chi connectivity index (χ0v) is 16.8. The molecule has 7 heteroatoms. The van der Waals surface area contributed by atoms with Gasteiger partial charge in [-0.2, -0.15) is 5.10 Å². The van der Waals surface area contributed by atoms with Crippen molar-refractivity contribution in [1.29, 1.82) is 0 Å². The van der Waals surface area contributed by atoms with Crippen LogP contribution in [0.5, 0.6) is 0 Å². The highest BCUT2D eigenvalue weighted by molar-refractivity contribution is 5.91. The maximum Gasteiger partial charge on any atom is 0.277 e. The summed E-state index contributed by atoms with van der Waals surface area (Å²) in [5.74, 6) is -0.304. The van der Waals surface area contributed by atoms with Crippen molar-refractivity contribution in [3.63, 3.8) is 0 Å². The molecule has 0 aliphatic carbocycles. The highest BCUT2D eigenvalue weighted by Gasteiger charge is 2.18. The number of carbonyl (C=O) groups excluding carboxylic acids is 1. The number of nitrogens with zero attached hydrogens (tertiary/aromatic N) is 3. The molecule has 152 valence electrons. The third-order valence-electron chi connectivity index (χ3n) is 5.04. The van der Waals surface area contributed by atoms with Gasteiger partial charge < -0.3 is 15.0 Å². The van der Waals surface area contributed by atoms with Crippen LogP contribution in [0, 0.1) is 13.8 Å². The van der Waals surface area contributed by atoms with Crippen LogP contribution in [0.3, 0.4) is 0 Å². The lowest BCUT2D eigenvalue weighted by molar-refractivity contribution is -0.116. The highest BCUT2D eigenvalue weighted by atomic mass is 16.3. The number of nitrogens with one attached hydrogen (secondary N) is 1. The number of hydrogen-bond donors (Lipinski definition) is 2. The zero-order valence-electron chi connectivity index (χ0n) is 16.8. The smallest absolute Gasteiger partial charge is 0.277 e. The molecule has 2 aromatic carbocycles. The Morgan fingerprint density at radius 3 is 2.57 bits per heavy atom. The number of carbonyl (C=O) groups is 1. The minimum atomic E-state index is -0.382. The third kappa shape index (κ3) is 3.62. The quantitative estimate of drug-likeness (QED) is 0.537. The van der Waals surface area contributed by atoms with Crippen LogP contribution in [0.2, 0.25) is 0 Å². The summed E-state index contributed by atoms with van der Waals surface area (Å²) in [7, 11) is 0. The van der Waals surface area contributed by atoms with Crippen molar-refractivity contribution in [1.82, 2.24) is 14.2 Å². The number of rotatable bonds is 5. The molecule has 7 nitrogen and oxygen atoms in total. The molecule has 4 rings (SSSR count). The van der Waals surface area contributed by atoms with Crippen LogP contribution in [-0.2, 0) is 17.9 Å². The van der Waals surface area contributed by atoms with Crippen molar-refractivity contribution in [3.05, 3.63) is 88.0 Å². The summed E-state index contributed by atoms with van der Waals surface area (Å²) in [6.45, 7) is 3.44. The van der Waals surface area contributed by atoms with Gasteiger partial charge in [0.1, 0.15) is 12.1 Å². The van der Waals surface area contributed by atoms with Crippen LogP contribution in [-0.4, -0.2) is 25.2 Å². The average Bonchev–Trinajstić information content (AvgIpc) is 3.12. The number of aryl methyl sites for hydroxylation is 2. The van der Waals surface area contributed by atoms with Crippen LogP contribution in [0.4, 0.5) is 5.69 Å². The lowest BCUT2D eigenvalue weighted by Gasteiger charge is -2.10. The molecule has 0 spiro atoms. The molecule has 0 atom stereocenters.